The van der Waals surface area contributed by atoms with Crippen LogP contribution in [-0.4, -0.2) is 49.8 Å². The van der Waals surface area contributed by atoms with Crippen LogP contribution in [0.1, 0.15) is 29.0 Å². The van der Waals surface area contributed by atoms with E-state index in [1.165, 1.54) is 6.08 Å². The molecule has 212 valence electrons. The average molecular weight is 559 g/mol. The average Bonchev–Trinajstić information content (AvgIpc) is 3.30. The van der Waals surface area contributed by atoms with Gasteiger partial charge in [-0.15, -0.1) is 0 Å². The zero-order chi connectivity index (χ0) is 29.2. The first kappa shape index (κ1) is 28.9. The third kappa shape index (κ3) is 7.72. The van der Waals surface area contributed by atoms with Crippen LogP contribution < -0.4 is 15.8 Å². The molecule has 41 heavy (non-hydrogen) atoms. The van der Waals surface area contributed by atoms with Crippen molar-refractivity contribution in [1.82, 2.24) is 5.32 Å². The highest BCUT2D eigenvalue weighted by molar-refractivity contribution is 5.86. The van der Waals surface area contributed by atoms with Crippen LogP contribution in [0.5, 0.6) is 5.75 Å². The van der Waals surface area contributed by atoms with Crippen LogP contribution in [0, 0.1) is 0 Å². The summed E-state index contributed by atoms with van der Waals surface area (Å²) in [5, 5.41) is 2.43. The van der Waals surface area contributed by atoms with Crippen molar-refractivity contribution in [2.45, 2.75) is 25.0 Å². The van der Waals surface area contributed by atoms with Gasteiger partial charge in [0.1, 0.15) is 31.6 Å². The van der Waals surface area contributed by atoms with Crippen molar-refractivity contribution < 1.29 is 38.1 Å². The Morgan fingerprint density at radius 1 is 0.878 bits per heavy atom. The number of carbonyl (C=O) groups is 4. The van der Waals surface area contributed by atoms with E-state index in [-0.39, 0.29) is 32.3 Å². The Morgan fingerprint density at radius 3 is 2.12 bits per heavy atom. The number of nitrogens with one attached hydrogen (secondary N) is 1. The zero-order valence-electron chi connectivity index (χ0n) is 22.2. The molecule has 0 heterocycles. The molecule has 0 aliphatic heterocycles. The zero-order valence-corrected chi connectivity index (χ0v) is 22.2. The number of esters is 2. The Bertz CT molecular complexity index is 1370. The number of alkyl carbamates (subject to hydrolysis) is 1. The van der Waals surface area contributed by atoms with Gasteiger partial charge in [0.05, 0.1) is 6.42 Å². The van der Waals surface area contributed by atoms with Crippen molar-refractivity contribution in [3.8, 4) is 16.9 Å². The van der Waals surface area contributed by atoms with Gasteiger partial charge in [-0.1, -0.05) is 73.3 Å². The highest BCUT2D eigenvalue weighted by Gasteiger charge is 2.31. The quantitative estimate of drug-likeness (QED) is 0.184. The molecule has 10 nitrogen and oxygen atoms in total. The molecule has 4 rings (SSSR count). The number of hydrogen-bond acceptors (Lipinski definition) is 8. The number of rotatable bonds is 13. The van der Waals surface area contributed by atoms with Gasteiger partial charge in [0, 0.05) is 5.92 Å². The highest BCUT2D eigenvalue weighted by atomic mass is 16.6. The molecular formula is C31H30N2O8. The Labute approximate surface area is 237 Å². The molecule has 3 aromatic rings. The van der Waals surface area contributed by atoms with Gasteiger partial charge in [0.25, 0.3) is 5.91 Å². The molecule has 0 fully saturated rings. The van der Waals surface area contributed by atoms with Crippen LogP contribution in [0.25, 0.3) is 11.1 Å². The second-order valence-corrected chi connectivity index (χ2v) is 9.20. The Hall–Kier alpha value is -5.12. The van der Waals surface area contributed by atoms with Crippen molar-refractivity contribution in [1.29, 1.82) is 0 Å². The molecular weight excluding hydrogens is 528 g/mol. The molecule has 0 saturated heterocycles. The lowest BCUT2D eigenvalue weighted by Gasteiger charge is -2.18. The van der Waals surface area contributed by atoms with Gasteiger partial charge in [-0.3, -0.25) is 9.59 Å². The van der Waals surface area contributed by atoms with Gasteiger partial charge in [0.2, 0.25) is 0 Å². The molecule has 1 aliphatic carbocycles. The van der Waals surface area contributed by atoms with Crippen LogP contribution in [0.4, 0.5) is 4.79 Å². The number of carbonyl (C=O) groups excluding carboxylic acids is 4. The van der Waals surface area contributed by atoms with E-state index in [1.54, 1.807) is 24.3 Å². The molecule has 3 aromatic carbocycles. The molecule has 0 aromatic heterocycles. The van der Waals surface area contributed by atoms with Crippen molar-refractivity contribution in [2.24, 2.45) is 5.73 Å². The minimum Gasteiger partial charge on any atom is -0.484 e. The molecule has 0 radical (unpaired) electrons. The summed E-state index contributed by atoms with van der Waals surface area (Å²) in [5.41, 5.74) is 9.94. The van der Waals surface area contributed by atoms with E-state index in [1.807, 2.05) is 48.5 Å². The maximum Gasteiger partial charge on any atom is 0.407 e. The summed E-state index contributed by atoms with van der Waals surface area (Å²) >= 11 is 0. The SMILES string of the molecule is C=CCOC(=O)C(CC(=O)OCc1ccc(OCC(N)=O)cc1)NC(=O)OCC1c2ccccc2-c2ccccc21. The summed E-state index contributed by atoms with van der Waals surface area (Å²) in [7, 11) is 0. The summed E-state index contributed by atoms with van der Waals surface area (Å²) in [4.78, 5) is 48.7. The number of benzene rings is 3. The number of fused-ring (bicyclic) bond motifs is 3. The van der Waals surface area contributed by atoms with Crippen LogP contribution in [0.3, 0.4) is 0 Å². The number of nitrogens with two attached hydrogens (primary N) is 1. The minimum atomic E-state index is -1.33. The van der Waals surface area contributed by atoms with E-state index in [2.05, 4.69) is 11.9 Å². The van der Waals surface area contributed by atoms with Crippen LogP contribution in [-0.2, 0) is 35.2 Å². The van der Waals surface area contributed by atoms with Crippen LogP contribution in [0.2, 0.25) is 0 Å². The standard InChI is InChI=1S/C31H30N2O8/c1-2-15-38-30(36)27(16-29(35)40-17-20-11-13-21(14-12-20)39-19-28(32)34)33-31(37)41-18-26-24-9-5-3-7-22(24)23-8-4-6-10-25(23)26/h2-14,26-27H,1,15-19H2,(H2,32,34)(H,33,37). The van der Waals surface area contributed by atoms with Crippen molar-refractivity contribution >= 4 is 23.9 Å². The normalized spacial score (nSPS) is 12.3. The summed E-state index contributed by atoms with van der Waals surface area (Å²) < 4.78 is 21.0. The van der Waals surface area contributed by atoms with Crippen LogP contribution in [0.15, 0.2) is 85.5 Å². The molecule has 0 saturated carbocycles. The minimum absolute atomic E-state index is 0.0396. The fourth-order valence-corrected chi connectivity index (χ4v) is 4.44. The van der Waals surface area contributed by atoms with E-state index in [0.29, 0.717) is 11.3 Å². The van der Waals surface area contributed by atoms with Crippen molar-refractivity contribution in [3.63, 3.8) is 0 Å². The summed E-state index contributed by atoms with van der Waals surface area (Å²) in [6, 6.07) is 21.0. The number of amides is 2. The second-order valence-electron chi connectivity index (χ2n) is 9.20. The summed E-state index contributed by atoms with van der Waals surface area (Å²) in [5.74, 6) is -1.91. The van der Waals surface area contributed by atoms with Gasteiger partial charge in [-0.2, -0.15) is 0 Å². The van der Waals surface area contributed by atoms with Gasteiger partial charge >= 0.3 is 18.0 Å². The number of hydrogen-bond donors (Lipinski definition) is 2. The van der Waals surface area contributed by atoms with Crippen LogP contribution >= 0.6 is 0 Å². The van der Waals surface area contributed by atoms with Gasteiger partial charge in [-0.05, 0) is 39.9 Å². The molecule has 1 unspecified atom stereocenters. The first-order chi connectivity index (χ1) is 19.9. The molecule has 3 N–H and O–H groups in total. The van der Waals surface area contributed by atoms with E-state index in [9.17, 15) is 19.2 Å². The van der Waals surface area contributed by atoms with E-state index in [0.717, 1.165) is 22.3 Å². The Balaban J connectivity index is 1.33. The smallest absolute Gasteiger partial charge is 0.407 e. The lowest BCUT2D eigenvalue weighted by Crippen LogP contribution is -2.44. The molecule has 10 heteroatoms. The molecule has 1 atom stereocenters. The predicted octanol–water partition coefficient (Wildman–Crippen LogP) is 3.62. The monoisotopic (exact) mass is 558 g/mol. The van der Waals surface area contributed by atoms with Crippen molar-refractivity contribution in [3.05, 3.63) is 102 Å². The lowest BCUT2D eigenvalue weighted by molar-refractivity contribution is -0.152. The lowest BCUT2D eigenvalue weighted by atomic mass is 9.98. The maximum atomic E-state index is 12.7. The molecule has 2 amide bonds. The summed E-state index contributed by atoms with van der Waals surface area (Å²) in [6.45, 7) is 3.10. The topological polar surface area (TPSA) is 143 Å². The Kier molecular flexibility index (Phi) is 9.71. The molecule has 0 bridgehead atoms. The van der Waals surface area contributed by atoms with Gasteiger partial charge in [-0.25, -0.2) is 9.59 Å². The predicted molar refractivity (Wildman–Crippen MR) is 149 cm³/mol. The van der Waals surface area contributed by atoms with E-state index >= 15 is 0 Å². The fourth-order valence-electron chi connectivity index (χ4n) is 4.44. The highest BCUT2D eigenvalue weighted by Crippen LogP contribution is 2.44. The third-order valence-electron chi connectivity index (χ3n) is 6.34. The number of primary amides is 1. The van der Waals surface area contributed by atoms with E-state index < -0.39 is 36.4 Å². The Morgan fingerprint density at radius 2 is 1.51 bits per heavy atom. The third-order valence-corrected chi connectivity index (χ3v) is 6.34. The maximum absolute atomic E-state index is 12.7. The van der Waals surface area contributed by atoms with E-state index in [4.69, 9.17) is 24.7 Å². The first-order valence-corrected chi connectivity index (χ1v) is 12.9. The van der Waals surface area contributed by atoms with Gasteiger partial charge in [0.15, 0.2) is 6.61 Å². The molecule has 1 aliphatic rings. The molecule has 0 spiro atoms. The second kappa shape index (κ2) is 13.8. The summed E-state index contributed by atoms with van der Waals surface area (Å²) in [6.07, 6.45) is 0.0314. The van der Waals surface area contributed by atoms with Gasteiger partial charge < -0.3 is 30.0 Å². The number of ether oxygens (including phenoxy) is 4. The largest absolute Gasteiger partial charge is 0.484 e. The first-order valence-electron chi connectivity index (χ1n) is 12.9. The van der Waals surface area contributed by atoms with Crippen molar-refractivity contribution in [2.75, 3.05) is 19.8 Å². The fraction of sp³-hybridized carbons (Fsp3) is 0.226.